The maximum absolute atomic E-state index is 14.0. The Hall–Kier alpha value is -3.53. The van der Waals surface area contributed by atoms with E-state index in [2.05, 4.69) is 5.32 Å². The standard InChI is InChI=1S/C23H22F2N2O6/c24-23(25)17(19(23)20(29)27-18(10-28)21(30)31)9-26-22(32)33-11-16-14-7-3-1-5-12(14)13-6-2-4-8-15(13)16/h1-8,16-19,28H,9-11H2,(H,26,32)(H,27,29)(H,30,31)/t17-,18?,19-/m0/s1. The molecule has 0 saturated heterocycles. The number of hydrogen-bond donors (Lipinski definition) is 4. The SMILES string of the molecule is O=C(NC[C@H]1[C@@H](C(=O)NC(CO)C(=O)O)C1(F)F)OCC1c2ccccc2-c2ccccc21. The third kappa shape index (κ3) is 4.25. The van der Waals surface area contributed by atoms with E-state index < -0.39 is 54.9 Å². The number of rotatable bonds is 8. The number of carbonyl (C=O) groups is 3. The number of alkyl carbamates (subject to hydrolysis) is 1. The lowest BCUT2D eigenvalue weighted by Gasteiger charge is -2.14. The van der Waals surface area contributed by atoms with Gasteiger partial charge in [-0.2, -0.15) is 0 Å². The Bertz CT molecular complexity index is 1050. The quantitative estimate of drug-likeness (QED) is 0.478. The summed E-state index contributed by atoms with van der Waals surface area (Å²) in [5.74, 6) is -9.61. The average Bonchev–Trinajstić information content (AvgIpc) is 3.20. The van der Waals surface area contributed by atoms with Gasteiger partial charge in [0, 0.05) is 12.5 Å². The molecule has 0 aliphatic heterocycles. The highest BCUT2D eigenvalue weighted by molar-refractivity contribution is 5.88. The van der Waals surface area contributed by atoms with Crippen LogP contribution in [0.25, 0.3) is 11.1 Å². The molecular weight excluding hydrogens is 438 g/mol. The van der Waals surface area contributed by atoms with Crippen LogP contribution in [-0.4, -0.2) is 59.9 Å². The molecule has 0 radical (unpaired) electrons. The van der Waals surface area contributed by atoms with E-state index in [1.54, 1.807) is 0 Å². The Morgan fingerprint density at radius 2 is 1.61 bits per heavy atom. The fourth-order valence-corrected chi connectivity index (χ4v) is 4.29. The number of nitrogens with one attached hydrogen (secondary N) is 2. The van der Waals surface area contributed by atoms with Crippen molar-refractivity contribution in [3.63, 3.8) is 0 Å². The highest BCUT2D eigenvalue weighted by Gasteiger charge is 2.71. The number of aliphatic carboxylic acids is 1. The van der Waals surface area contributed by atoms with Crippen molar-refractivity contribution in [2.75, 3.05) is 19.8 Å². The molecular formula is C23H22F2N2O6. The molecule has 174 valence electrons. The van der Waals surface area contributed by atoms with Crippen molar-refractivity contribution in [3.8, 4) is 11.1 Å². The second-order valence-corrected chi connectivity index (χ2v) is 8.05. The number of carboxylic acids is 1. The smallest absolute Gasteiger partial charge is 0.407 e. The summed E-state index contributed by atoms with van der Waals surface area (Å²) in [6, 6.07) is 13.8. The van der Waals surface area contributed by atoms with E-state index >= 15 is 0 Å². The van der Waals surface area contributed by atoms with Crippen LogP contribution in [-0.2, 0) is 14.3 Å². The maximum atomic E-state index is 14.0. The molecule has 1 saturated carbocycles. The Labute approximate surface area is 187 Å². The summed E-state index contributed by atoms with van der Waals surface area (Å²) < 4.78 is 33.3. The number of aliphatic hydroxyl groups is 1. The summed E-state index contributed by atoms with van der Waals surface area (Å²) in [4.78, 5) is 35.0. The van der Waals surface area contributed by atoms with Crippen molar-refractivity contribution >= 4 is 18.0 Å². The Kier molecular flexibility index (Phi) is 6.03. The minimum atomic E-state index is -3.40. The molecule has 4 rings (SSSR count). The highest BCUT2D eigenvalue weighted by atomic mass is 19.3. The van der Waals surface area contributed by atoms with Crippen LogP contribution in [0.15, 0.2) is 48.5 Å². The van der Waals surface area contributed by atoms with Gasteiger partial charge < -0.3 is 25.6 Å². The lowest BCUT2D eigenvalue weighted by Crippen LogP contribution is -2.44. The van der Waals surface area contributed by atoms with Crippen LogP contribution in [0, 0.1) is 11.8 Å². The number of fused-ring (bicyclic) bond motifs is 3. The van der Waals surface area contributed by atoms with Gasteiger partial charge in [0.05, 0.1) is 12.5 Å². The van der Waals surface area contributed by atoms with Gasteiger partial charge in [-0.3, -0.25) is 4.79 Å². The molecule has 2 aliphatic rings. The molecule has 1 fully saturated rings. The first-order valence-electron chi connectivity index (χ1n) is 10.4. The number of alkyl halides is 2. The van der Waals surface area contributed by atoms with E-state index in [0.717, 1.165) is 22.3 Å². The number of carboxylic acid groups (broad SMARTS) is 1. The molecule has 0 aromatic heterocycles. The van der Waals surface area contributed by atoms with Crippen molar-refractivity contribution in [3.05, 3.63) is 59.7 Å². The van der Waals surface area contributed by atoms with E-state index in [-0.39, 0.29) is 12.5 Å². The Morgan fingerprint density at radius 3 is 2.15 bits per heavy atom. The Morgan fingerprint density at radius 1 is 1.03 bits per heavy atom. The number of halogens is 2. The minimum Gasteiger partial charge on any atom is -0.480 e. The molecule has 0 bridgehead atoms. The molecule has 0 spiro atoms. The van der Waals surface area contributed by atoms with Crippen molar-refractivity contribution in [2.45, 2.75) is 17.9 Å². The average molecular weight is 460 g/mol. The van der Waals surface area contributed by atoms with E-state index in [4.69, 9.17) is 14.9 Å². The number of aliphatic hydroxyl groups excluding tert-OH is 1. The Balaban J connectivity index is 1.32. The fraction of sp³-hybridized carbons (Fsp3) is 0.348. The third-order valence-corrected chi connectivity index (χ3v) is 6.09. The predicted molar refractivity (Wildman–Crippen MR) is 112 cm³/mol. The zero-order valence-corrected chi connectivity index (χ0v) is 17.3. The molecule has 4 N–H and O–H groups in total. The molecule has 2 aromatic rings. The van der Waals surface area contributed by atoms with Crippen LogP contribution in [0.4, 0.5) is 13.6 Å². The molecule has 3 atom stereocenters. The zero-order chi connectivity index (χ0) is 23.8. The van der Waals surface area contributed by atoms with Gasteiger partial charge in [-0.15, -0.1) is 0 Å². The van der Waals surface area contributed by atoms with Crippen molar-refractivity contribution in [1.29, 1.82) is 0 Å². The van der Waals surface area contributed by atoms with Gasteiger partial charge in [-0.05, 0) is 22.3 Å². The molecule has 0 heterocycles. The van der Waals surface area contributed by atoms with E-state index in [1.807, 2.05) is 53.8 Å². The van der Waals surface area contributed by atoms with Crippen LogP contribution >= 0.6 is 0 Å². The zero-order valence-electron chi connectivity index (χ0n) is 17.3. The second kappa shape index (κ2) is 8.78. The molecule has 2 aromatic carbocycles. The van der Waals surface area contributed by atoms with Crippen molar-refractivity contribution < 1.29 is 38.1 Å². The van der Waals surface area contributed by atoms with Gasteiger partial charge in [0.15, 0.2) is 0 Å². The molecule has 33 heavy (non-hydrogen) atoms. The number of ether oxygens (including phenoxy) is 1. The van der Waals surface area contributed by atoms with Gasteiger partial charge >= 0.3 is 12.1 Å². The largest absolute Gasteiger partial charge is 0.480 e. The monoisotopic (exact) mass is 460 g/mol. The first-order chi connectivity index (χ1) is 15.8. The number of benzene rings is 2. The lowest BCUT2D eigenvalue weighted by molar-refractivity contribution is -0.143. The predicted octanol–water partition coefficient (Wildman–Crippen LogP) is 1.97. The summed E-state index contributed by atoms with van der Waals surface area (Å²) in [6.45, 7) is -1.43. The van der Waals surface area contributed by atoms with Gasteiger partial charge in [0.2, 0.25) is 5.91 Å². The summed E-state index contributed by atoms with van der Waals surface area (Å²) >= 11 is 0. The topological polar surface area (TPSA) is 125 Å². The summed E-state index contributed by atoms with van der Waals surface area (Å²) in [5, 5.41) is 21.9. The van der Waals surface area contributed by atoms with Gasteiger partial charge in [-0.25, -0.2) is 18.4 Å². The first-order valence-corrected chi connectivity index (χ1v) is 10.4. The summed E-state index contributed by atoms with van der Waals surface area (Å²) in [7, 11) is 0. The van der Waals surface area contributed by atoms with E-state index in [0.29, 0.717) is 0 Å². The fourth-order valence-electron chi connectivity index (χ4n) is 4.29. The first kappa shape index (κ1) is 22.7. The van der Waals surface area contributed by atoms with Crippen LogP contribution < -0.4 is 10.6 Å². The van der Waals surface area contributed by atoms with Crippen LogP contribution in [0.5, 0.6) is 0 Å². The highest BCUT2D eigenvalue weighted by Crippen LogP contribution is 2.55. The summed E-state index contributed by atoms with van der Waals surface area (Å²) in [5.41, 5.74) is 4.12. The van der Waals surface area contributed by atoms with Gasteiger partial charge in [0.25, 0.3) is 5.92 Å². The van der Waals surface area contributed by atoms with Gasteiger partial charge in [-0.1, -0.05) is 48.5 Å². The maximum Gasteiger partial charge on any atom is 0.407 e. The van der Waals surface area contributed by atoms with Crippen LogP contribution in [0.1, 0.15) is 17.0 Å². The summed E-state index contributed by atoms with van der Waals surface area (Å²) in [6.07, 6.45) is -0.891. The van der Waals surface area contributed by atoms with Crippen LogP contribution in [0.3, 0.4) is 0 Å². The van der Waals surface area contributed by atoms with E-state index in [1.165, 1.54) is 0 Å². The molecule has 2 amide bonds. The van der Waals surface area contributed by atoms with Crippen LogP contribution in [0.2, 0.25) is 0 Å². The third-order valence-electron chi connectivity index (χ3n) is 6.09. The van der Waals surface area contributed by atoms with Gasteiger partial charge in [0.1, 0.15) is 18.6 Å². The normalized spacial score (nSPS) is 20.8. The molecule has 1 unspecified atom stereocenters. The molecule has 8 nitrogen and oxygen atoms in total. The molecule has 2 aliphatic carbocycles. The minimum absolute atomic E-state index is 0.0155. The number of amides is 2. The molecule has 10 heteroatoms. The van der Waals surface area contributed by atoms with E-state index in [9.17, 15) is 23.2 Å². The number of hydrogen-bond acceptors (Lipinski definition) is 5. The van der Waals surface area contributed by atoms with Crippen molar-refractivity contribution in [1.82, 2.24) is 10.6 Å². The second-order valence-electron chi connectivity index (χ2n) is 8.05. The van der Waals surface area contributed by atoms with Crippen molar-refractivity contribution in [2.24, 2.45) is 11.8 Å². The number of carbonyl (C=O) groups excluding carboxylic acids is 2. The lowest BCUT2D eigenvalue weighted by atomic mass is 9.98.